The van der Waals surface area contributed by atoms with E-state index in [1.54, 1.807) is 31.6 Å². The molecule has 1 N–H and O–H groups in total. The Kier molecular flexibility index (Phi) is 4.23. The Morgan fingerprint density at radius 1 is 1.17 bits per heavy atom. The van der Waals surface area contributed by atoms with Crippen LogP contribution >= 0.6 is 11.3 Å². The Morgan fingerprint density at radius 3 is 2.33 bits per heavy atom. The summed E-state index contributed by atoms with van der Waals surface area (Å²) in [7, 11) is 3.20. The normalized spacial score (nSPS) is 12.2. The van der Waals surface area contributed by atoms with Crippen molar-refractivity contribution >= 4 is 11.3 Å². The SMILES string of the molecule is COc1cc(OC)cc(C(O)Cc2ccsc2)c1. The fraction of sp³-hybridized carbons (Fsp3) is 0.286. The third-order valence-corrected chi connectivity index (χ3v) is 3.50. The van der Waals surface area contributed by atoms with Gasteiger partial charge in [-0.15, -0.1) is 0 Å². The van der Waals surface area contributed by atoms with Crippen molar-refractivity contribution in [3.05, 3.63) is 46.2 Å². The van der Waals surface area contributed by atoms with Gasteiger partial charge in [0.15, 0.2) is 0 Å². The molecule has 1 aromatic heterocycles. The first-order valence-electron chi connectivity index (χ1n) is 5.65. The molecule has 2 aromatic rings. The van der Waals surface area contributed by atoms with E-state index in [0.717, 1.165) is 11.1 Å². The third kappa shape index (κ3) is 3.03. The van der Waals surface area contributed by atoms with Crippen LogP contribution in [0.1, 0.15) is 17.2 Å². The van der Waals surface area contributed by atoms with Gasteiger partial charge in [-0.25, -0.2) is 0 Å². The van der Waals surface area contributed by atoms with Crippen molar-refractivity contribution in [3.63, 3.8) is 0 Å². The van der Waals surface area contributed by atoms with E-state index in [0.29, 0.717) is 17.9 Å². The number of thiophene rings is 1. The molecule has 0 bridgehead atoms. The number of ether oxygens (including phenoxy) is 2. The quantitative estimate of drug-likeness (QED) is 0.902. The van der Waals surface area contributed by atoms with Gasteiger partial charge in [-0.05, 0) is 40.1 Å². The molecule has 4 heteroatoms. The largest absolute Gasteiger partial charge is 0.497 e. The number of aliphatic hydroxyl groups is 1. The van der Waals surface area contributed by atoms with Crippen LogP contribution in [-0.2, 0) is 6.42 Å². The standard InChI is InChI=1S/C14H16O3S/c1-16-12-6-11(7-13(8-12)17-2)14(15)5-10-3-4-18-9-10/h3-4,6-9,14-15H,5H2,1-2H3. The van der Waals surface area contributed by atoms with Gasteiger partial charge < -0.3 is 14.6 Å². The van der Waals surface area contributed by atoms with Gasteiger partial charge in [-0.2, -0.15) is 11.3 Å². The van der Waals surface area contributed by atoms with Crippen molar-refractivity contribution in [1.82, 2.24) is 0 Å². The first-order valence-corrected chi connectivity index (χ1v) is 6.59. The second kappa shape index (κ2) is 5.89. The summed E-state index contributed by atoms with van der Waals surface area (Å²) in [6.07, 6.45) is 0.0448. The lowest BCUT2D eigenvalue weighted by Gasteiger charge is -2.13. The summed E-state index contributed by atoms with van der Waals surface area (Å²) in [6, 6.07) is 7.48. The highest BCUT2D eigenvalue weighted by Crippen LogP contribution is 2.28. The number of hydrogen-bond donors (Lipinski definition) is 1. The molecule has 0 amide bonds. The van der Waals surface area contributed by atoms with Gasteiger partial charge in [0, 0.05) is 12.5 Å². The number of rotatable bonds is 5. The van der Waals surface area contributed by atoms with Crippen LogP contribution in [0.25, 0.3) is 0 Å². The van der Waals surface area contributed by atoms with E-state index in [2.05, 4.69) is 0 Å². The minimum absolute atomic E-state index is 0.552. The Bertz CT molecular complexity index is 471. The predicted octanol–water partition coefficient (Wildman–Crippen LogP) is 3.04. The molecule has 0 aliphatic carbocycles. The minimum Gasteiger partial charge on any atom is -0.497 e. The topological polar surface area (TPSA) is 38.7 Å². The Morgan fingerprint density at radius 2 is 1.83 bits per heavy atom. The lowest BCUT2D eigenvalue weighted by Crippen LogP contribution is -2.02. The summed E-state index contributed by atoms with van der Waals surface area (Å²) in [6.45, 7) is 0. The molecule has 0 saturated heterocycles. The molecule has 0 saturated carbocycles. The molecule has 1 aromatic carbocycles. The number of benzene rings is 1. The van der Waals surface area contributed by atoms with Gasteiger partial charge in [-0.1, -0.05) is 0 Å². The van der Waals surface area contributed by atoms with Crippen LogP contribution in [0.4, 0.5) is 0 Å². The van der Waals surface area contributed by atoms with E-state index in [4.69, 9.17) is 9.47 Å². The Balaban J connectivity index is 2.20. The van der Waals surface area contributed by atoms with Crippen LogP contribution in [0, 0.1) is 0 Å². The molecule has 1 atom stereocenters. The molecule has 2 rings (SSSR count). The number of aliphatic hydroxyl groups excluding tert-OH is 1. The first kappa shape index (κ1) is 12.9. The van der Waals surface area contributed by atoms with E-state index in [1.807, 2.05) is 29.0 Å². The van der Waals surface area contributed by atoms with Gasteiger partial charge >= 0.3 is 0 Å². The van der Waals surface area contributed by atoms with Crippen LogP contribution in [0.15, 0.2) is 35.0 Å². The number of methoxy groups -OCH3 is 2. The zero-order valence-corrected chi connectivity index (χ0v) is 11.2. The highest BCUT2D eigenvalue weighted by Gasteiger charge is 2.12. The molecule has 18 heavy (non-hydrogen) atoms. The Hall–Kier alpha value is -1.52. The lowest BCUT2D eigenvalue weighted by atomic mass is 10.0. The van der Waals surface area contributed by atoms with Crippen molar-refractivity contribution in [2.75, 3.05) is 14.2 Å². The molecule has 0 aliphatic rings. The maximum atomic E-state index is 10.2. The van der Waals surface area contributed by atoms with Crippen molar-refractivity contribution in [2.45, 2.75) is 12.5 Å². The van der Waals surface area contributed by atoms with Crippen molar-refractivity contribution < 1.29 is 14.6 Å². The average Bonchev–Trinajstić information content (AvgIpc) is 2.90. The van der Waals surface area contributed by atoms with Crippen LogP contribution < -0.4 is 9.47 Å². The highest BCUT2D eigenvalue weighted by atomic mass is 32.1. The van der Waals surface area contributed by atoms with E-state index in [-0.39, 0.29) is 0 Å². The monoisotopic (exact) mass is 264 g/mol. The molecule has 0 radical (unpaired) electrons. The lowest BCUT2D eigenvalue weighted by molar-refractivity contribution is 0.177. The summed E-state index contributed by atoms with van der Waals surface area (Å²) in [5.74, 6) is 1.38. The highest BCUT2D eigenvalue weighted by molar-refractivity contribution is 7.07. The zero-order valence-electron chi connectivity index (χ0n) is 10.4. The van der Waals surface area contributed by atoms with Gasteiger partial charge in [0.2, 0.25) is 0 Å². The molecule has 96 valence electrons. The van der Waals surface area contributed by atoms with Crippen LogP contribution in [0.5, 0.6) is 11.5 Å². The zero-order chi connectivity index (χ0) is 13.0. The van der Waals surface area contributed by atoms with Crippen LogP contribution in [0.3, 0.4) is 0 Å². The van der Waals surface area contributed by atoms with Gasteiger partial charge in [0.25, 0.3) is 0 Å². The summed E-state index contributed by atoms with van der Waals surface area (Å²) in [5, 5.41) is 14.3. The molecule has 0 spiro atoms. The summed E-state index contributed by atoms with van der Waals surface area (Å²) in [5.41, 5.74) is 1.94. The minimum atomic E-state index is -0.552. The summed E-state index contributed by atoms with van der Waals surface area (Å²) in [4.78, 5) is 0. The molecule has 3 nitrogen and oxygen atoms in total. The molecule has 1 unspecified atom stereocenters. The molecule has 0 aliphatic heterocycles. The fourth-order valence-corrected chi connectivity index (χ4v) is 2.45. The van der Waals surface area contributed by atoms with Gasteiger partial charge in [0.1, 0.15) is 11.5 Å². The van der Waals surface area contributed by atoms with Crippen LogP contribution in [-0.4, -0.2) is 19.3 Å². The third-order valence-electron chi connectivity index (χ3n) is 2.77. The van der Waals surface area contributed by atoms with E-state index in [9.17, 15) is 5.11 Å². The van der Waals surface area contributed by atoms with Gasteiger partial charge in [0.05, 0.1) is 20.3 Å². The molecular formula is C14H16O3S. The average molecular weight is 264 g/mol. The molecule has 0 fully saturated rings. The van der Waals surface area contributed by atoms with E-state index in [1.165, 1.54) is 0 Å². The maximum absolute atomic E-state index is 10.2. The summed E-state index contributed by atoms with van der Waals surface area (Å²) >= 11 is 1.63. The first-order chi connectivity index (χ1) is 8.72. The van der Waals surface area contributed by atoms with E-state index < -0.39 is 6.10 Å². The summed E-state index contributed by atoms with van der Waals surface area (Å²) < 4.78 is 10.4. The van der Waals surface area contributed by atoms with Crippen molar-refractivity contribution in [1.29, 1.82) is 0 Å². The second-order valence-electron chi connectivity index (χ2n) is 4.00. The second-order valence-corrected chi connectivity index (χ2v) is 4.78. The Labute approximate surface area is 111 Å². The van der Waals surface area contributed by atoms with Crippen molar-refractivity contribution in [3.8, 4) is 11.5 Å². The smallest absolute Gasteiger partial charge is 0.122 e. The maximum Gasteiger partial charge on any atom is 0.122 e. The molecular weight excluding hydrogens is 248 g/mol. The van der Waals surface area contributed by atoms with E-state index >= 15 is 0 Å². The van der Waals surface area contributed by atoms with Crippen LogP contribution in [0.2, 0.25) is 0 Å². The number of hydrogen-bond acceptors (Lipinski definition) is 4. The molecule has 1 heterocycles. The fourth-order valence-electron chi connectivity index (χ4n) is 1.77. The van der Waals surface area contributed by atoms with Crippen molar-refractivity contribution in [2.24, 2.45) is 0 Å². The predicted molar refractivity (Wildman–Crippen MR) is 72.5 cm³/mol. The van der Waals surface area contributed by atoms with Gasteiger partial charge in [-0.3, -0.25) is 0 Å².